The molecule has 3 rings (SSSR count). The van der Waals surface area contributed by atoms with Crippen LogP contribution in [0.3, 0.4) is 0 Å². The Morgan fingerprint density at radius 2 is 2.10 bits per heavy atom. The summed E-state index contributed by atoms with van der Waals surface area (Å²) in [4.78, 5) is 12.0. The predicted molar refractivity (Wildman–Crippen MR) is 72.5 cm³/mol. The number of nitrogens with zero attached hydrogens (tertiary/aromatic N) is 1. The molecule has 0 spiro atoms. The minimum absolute atomic E-state index is 0.0595. The van der Waals surface area contributed by atoms with Crippen LogP contribution in [0.2, 0.25) is 0 Å². The van der Waals surface area contributed by atoms with Crippen molar-refractivity contribution in [3.63, 3.8) is 0 Å². The van der Waals surface area contributed by atoms with Crippen LogP contribution in [0.1, 0.15) is 29.6 Å². The molecule has 3 atom stereocenters. The van der Waals surface area contributed by atoms with Gasteiger partial charge >= 0.3 is 0 Å². The van der Waals surface area contributed by atoms with Crippen LogP contribution in [0, 0.1) is 11.8 Å². The number of oxime groups is 1. The zero-order valence-corrected chi connectivity index (χ0v) is 10.9. The topological polar surface area (TPSA) is 94.0 Å². The number of nitrogens with one attached hydrogen (secondary N) is 2. The molecule has 0 aliphatic heterocycles. The lowest BCUT2D eigenvalue weighted by Crippen LogP contribution is -2.50. The first-order chi connectivity index (χ1) is 9.70. The first-order valence-electron chi connectivity index (χ1n) is 6.76. The van der Waals surface area contributed by atoms with Crippen molar-refractivity contribution in [2.75, 3.05) is 0 Å². The van der Waals surface area contributed by atoms with Crippen molar-refractivity contribution >= 4 is 11.6 Å². The zero-order chi connectivity index (χ0) is 14.1. The Kier molecular flexibility index (Phi) is 3.31. The van der Waals surface area contributed by atoms with E-state index < -0.39 is 5.91 Å². The smallest absolute Gasteiger partial charge is 0.269 e. The first kappa shape index (κ1) is 12.9. The Hall–Kier alpha value is -2.08. The molecule has 1 aromatic rings. The number of para-hydroxylation sites is 1. The van der Waals surface area contributed by atoms with Crippen molar-refractivity contribution in [3.05, 3.63) is 29.8 Å². The number of phenols is 1. The molecule has 1 amide bonds. The number of hydrazine groups is 1. The summed E-state index contributed by atoms with van der Waals surface area (Å²) in [5.41, 5.74) is 6.46. The number of aromatic hydroxyl groups is 1. The van der Waals surface area contributed by atoms with E-state index in [2.05, 4.69) is 16.0 Å². The molecule has 2 bridgehead atoms. The van der Waals surface area contributed by atoms with E-state index in [0.717, 1.165) is 25.0 Å². The van der Waals surface area contributed by atoms with Gasteiger partial charge in [0.25, 0.3) is 5.91 Å². The van der Waals surface area contributed by atoms with E-state index in [1.165, 1.54) is 6.07 Å². The summed E-state index contributed by atoms with van der Waals surface area (Å²) in [5.74, 6) is 0.263. The molecular formula is C14H17N3O3. The molecule has 6 heteroatoms. The van der Waals surface area contributed by atoms with Gasteiger partial charge in [-0.2, -0.15) is 0 Å². The van der Waals surface area contributed by atoms with Crippen LogP contribution < -0.4 is 10.9 Å². The summed E-state index contributed by atoms with van der Waals surface area (Å²) in [6.07, 6.45) is 3.13. The van der Waals surface area contributed by atoms with Crippen molar-refractivity contribution in [2.45, 2.75) is 25.3 Å². The molecule has 2 aliphatic rings. The maximum atomic E-state index is 12.0. The number of carbonyl (C=O) groups is 1. The third-order valence-corrected chi connectivity index (χ3v) is 4.29. The van der Waals surface area contributed by atoms with Gasteiger partial charge in [-0.25, -0.2) is 5.43 Å². The van der Waals surface area contributed by atoms with Crippen LogP contribution in [-0.2, 0) is 0 Å². The van der Waals surface area contributed by atoms with Crippen LogP contribution in [0.4, 0.5) is 0 Å². The molecule has 4 N–H and O–H groups in total. The van der Waals surface area contributed by atoms with Gasteiger partial charge in [0, 0.05) is 5.92 Å². The summed E-state index contributed by atoms with van der Waals surface area (Å²) < 4.78 is 0. The quantitative estimate of drug-likeness (QED) is 0.493. The summed E-state index contributed by atoms with van der Waals surface area (Å²) in [7, 11) is 0. The maximum absolute atomic E-state index is 12.0. The molecule has 0 aromatic heterocycles. The van der Waals surface area contributed by atoms with Gasteiger partial charge in [0.15, 0.2) is 0 Å². The molecule has 2 saturated carbocycles. The number of hydrogen-bond donors (Lipinski definition) is 4. The van der Waals surface area contributed by atoms with Gasteiger partial charge in [0.05, 0.1) is 17.3 Å². The van der Waals surface area contributed by atoms with Crippen LogP contribution in [-0.4, -0.2) is 28.0 Å². The van der Waals surface area contributed by atoms with Crippen molar-refractivity contribution in [3.8, 4) is 5.75 Å². The second kappa shape index (κ2) is 5.13. The molecule has 2 fully saturated rings. The molecule has 1 aromatic carbocycles. The lowest BCUT2D eigenvalue weighted by Gasteiger charge is -2.24. The van der Waals surface area contributed by atoms with Crippen molar-refractivity contribution in [1.82, 2.24) is 10.9 Å². The molecule has 3 unspecified atom stereocenters. The van der Waals surface area contributed by atoms with Gasteiger partial charge in [-0.1, -0.05) is 17.3 Å². The van der Waals surface area contributed by atoms with Crippen LogP contribution >= 0.6 is 0 Å². The molecule has 0 heterocycles. The molecule has 2 aliphatic carbocycles. The third kappa shape index (κ3) is 2.12. The number of benzene rings is 1. The Labute approximate surface area is 116 Å². The number of phenolic OH excluding ortho intramolecular Hbond substituents is 1. The van der Waals surface area contributed by atoms with Gasteiger partial charge in [-0.15, -0.1) is 0 Å². The van der Waals surface area contributed by atoms with Crippen molar-refractivity contribution in [1.29, 1.82) is 0 Å². The molecule has 0 saturated heterocycles. The minimum atomic E-state index is -0.400. The monoisotopic (exact) mass is 275 g/mol. The minimum Gasteiger partial charge on any atom is -0.507 e. The summed E-state index contributed by atoms with van der Waals surface area (Å²) in [6, 6.07) is 6.24. The highest BCUT2D eigenvalue weighted by Gasteiger charge is 2.45. The van der Waals surface area contributed by atoms with E-state index >= 15 is 0 Å². The zero-order valence-electron chi connectivity index (χ0n) is 10.9. The third-order valence-electron chi connectivity index (χ3n) is 4.29. The van der Waals surface area contributed by atoms with E-state index in [4.69, 9.17) is 5.21 Å². The van der Waals surface area contributed by atoms with E-state index in [0.29, 0.717) is 11.8 Å². The fourth-order valence-electron chi connectivity index (χ4n) is 3.30. The van der Waals surface area contributed by atoms with Gasteiger partial charge in [-0.05, 0) is 37.3 Å². The van der Waals surface area contributed by atoms with Gasteiger partial charge in [0.1, 0.15) is 5.75 Å². The Morgan fingerprint density at radius 1 is 1.30 bits per heavy atom. The average Bonchev–Trinajstić information content (AvgIpc) is 3.05. The predicted octanol–water partition coefficient (Wildman–Crippen LogP) is 1.26. The Bertz CT molecular complexity index is 558. The normalized spacial score (nSPS) is 29.8. The van der Waals surface area contributed by atoms with Crippen LogP contribution in [0.5, 0.6) is 5.75 Å². The summed E-state index contributed by atoms with van der Waals surface area (Å²) in [6.45, 7) is 0. The van der Waals surface area contributed by atoms with Crippen molar-refractivity contribution < 1.29 is 15.1 Å². The number of rotatable bonds is 3. The number of amides is 1. The van der Waals surface area contributed by atoms with Gasteiger partial charge < -0.3 is 10.3 Å². The highest BCUT2D eigenvalue weighted by Crippen LogP contribution is 2.42. The lowest BCUT2D eigenvalue weighted by atomic mass is 9.94. The van der Waals surface area contributed by atoms with E-state index in [1.54, 1.807) is 18.2 Å². The highest BCUT2D eigenvalue weighted by atomic mass is 16.4. The van der Waals surface area contributed by atoms with E-state index in [1.807, 2.05) is 0 Å². The Morgan fingerprint density at radius 3 is 2.85 bits per heavy atom. The second-order valence-corrected chi connectivity index (χ2v) is 5.39. The molecular weight excluding hydrogens is 258 g/mol. The molecule has 6 nitrogen and oxygen atoms in total. The van der Waals surface area contributed by atoms with E-state index in [-0.39, 0.29) is 17.4 Å². The Balaban J connectivity index is 1.65. The number of fused-ring (bicyclic) bond motifs is 2. The fourth-order valence-corrected chi connectivity index (χ4v) is 3.30. The van der Waals surface area contributed by atoms with Gasteiger partial charge in [0.2, 0.25) is 0 Å². The summed E-state index contributed by atoms with van der Waals surface area (Å²) in [5, 5.41) is 22.1. The van der Waals surface area contributed by atoms with Crippen LogP contribution in [0.25, 0.3) is 0 Å². The molecule has 106 valence electrons. The summed E-state index contributed by atoms with van der Waals surface area (Å²) >= 11 is 0. The SMILES string of the molecule is O=C(NNC1C(=NO)C2CCC1C2)c1ccccc1O. The molecule has 20 heavy (non-hydrogen) atoms. The second-order valence-electron chi connectivity index (χ2n) is 5.39. The average molecular weight is 275 g/mol. The highest BCUT2D eigenvalue weighted by molar-refractivity contribution is 5.98. The van der Waals surface area contributed by atoms with Crippen LogP contribution in [0.15, 0.2) is 29.4 Å². The first-order valence-corrected chi connectivity index (χ1v) is 6.76. The van der Waals surface area contributed by atoms with Gasteiger partial charge in [-0.3, -0.25) is 10.2 Å². The largest absolute Gasteiger partial charge is 0.507 e. The maximum Gasteiger partial charge on any atom is 0.269 e. The van der Waals surface area contributed by atoms with E-state index in [9.17, 15) is 9.90 Å². The molecule has 0 radical (unpaired) electrons. The lowest BCUT2D eigenvalue weighted by molar-refractivity contribution is 0.0923. The number of hydrogen-bond acceptors (Lipinski definition) is 5. The standard InChI is InChI=1S/C14H17N3O3/c18-11-4-2-1-3-10(11)14(19)16-15-12-8-5-6-9(7-8)13(12)17-20/h1-4,8-9,12,15,18,20H,5-7H2,(H,16,19). The fraction of sp³-hybridized carbons (Fsp3) is 0.429. The van der Waals surface area contributed by atoms with Crippen molar-refractivity contribution in [2.24, 2.45) is 17.0 Å². The number of carbonyl (C=O) groups excluding carboxylic acids is 1.